The Bertz CT molecular complexity index is 1720. The average molecular weight is 565 g/mol. The van der Waals surface area contributed by atoms with E-state index in [9.17, 15) is 22.8 Å². The molecule has 0 saturated carbocycles. The highest BCUT2D eigenvalue weighted by Crippen LogP contribution is 2.32. The molecule has 212 valence electrons. The molecule has 0 N–H and O–H groups in total. The van der Waals surface area contributed by atoms with Crippen molar-refractivity contribution in [3.8, 4) is 17.2 Å². The van der Waals surface area contributed by atoms with E-state index < -0.39 is 11.7 Å². The normalized spacial score (nSPS) is 15.8. The van der Waals surface area contributed by atoms with Crippen LogP contribution in [0.5, 0.6) is 0 Å². The number of nitrogens with zero attached hydrogens (tertiary/aromatic N) is 8. The summed E-state index contributed by atoms with van der Waals surface area (Å²) >= 11 is 0. The number of halogens is 3. The van der Waals surface area contributed by atoms with Crippen LogP contribution in [-0.4, -0.2) is 60.8 Å². The Labute approximate surface area is 233 Å². The van der Waals surface area contributed by atoms with Crippen LogP contribution in [0.4, 0.5) is 19.1 Å². The van der Waals surface area contributed by atoms with Gasteiger partial charge in [-0.25, -0.2) is 9.97 Å². The number of benzene rings is 1. The summed E-state index contributed by atoms with van der Waals surface area (Å²) in [5, 5.41) is 9.34. The third-order valence-corrected chi connectivity index (χ3v) is 7.35. The summed E-state index contributed by atoms with van der Waals surface area (Å²) < 4.78 is 44.1. The van der Waals surface area contributed by atoms with Gasteiger partial charge in [-0.05, 0) is 36.8 Å². The van der Waals surface area contributed by atoms with Crippen molar-refractivity contribution < 1.29 is 18.0 Å². The summed E-state index contributed by atoms with van der Waals surface area (Å²) in [5.74, 6) is 0.563. The largest absolute Gasteiger partial charge is 0.418 e. The number of amides is 1. The van der Waals surface area contributed by atoms with Gasteiger partial charge in [0.2, 0.25) is 11.9 Å². The van der Waals surface area contributed by atoms with Crippen molar-refractivity contribution in [2.75, 3.05) is 24.5 Å². The quantitative estimate of drug-likeness (QED) is 0.365. The highest BCUT2D eigenvalue weighted by molar-refractivity contribution is 5.84. The number of fused-ring (bicyclic) bond motifs is 1. The molecule has 4 heterocycles. The summed E-state index contributed by atoms with van der Waals surface area (Å²) in [6.45, 7) is 4.99. The number of alkyl halides is 3. The number of anilines is 1. The third-order valence-electron chi connectivity index (χ3n) is 7.35. The van der Waals surface area contributed by atoms with E-state index in [2.05, 4.69) is 15.0 Å². The Morgan fingerprint density at radius 1 is 1.12 bits per heavy atom. The number of rotatable bonds is 5. The van der Waals surface area contributed by atoms with Gasteiger partial charge in [0.05, 0.1) is 46.9 Å². The van der Waals surface area contributed by atoms with E-state index in [1.807, 2.05) is 22.8 Å². The number of hydrogen-bond acceptors (Lipinski definition) is 7. The second kappa shape index (κ2) is 10.7. The van der Waals surface area contributed by atoms with Crippen LogP contribution in [0.15, 0.2) is 47.5 Å². The predicted octanol–water partition coefficient (Wildman–Crippen LogP) is 3.38. The molecule has 1 aromatic carbocycles. The minimum atomic E-state index is -4.66. The standard InChI is InChI=1S/C28H27F3N8O2/c1-17-15-37(10-11-38(17)18(2)40)27-33-13-20(14-34-27)19-4-6-22-25(12-19)39(36(3)26(22)41)16-24-23(28(29,30)31)7-5-21(35-24)8-9-32/h4-7,12-14,17H,8,10-11,15-16H2,1-3H3/t17-/m1/s1. The van der Waals surface area contributed by atoms with E-state index in [0.717, 1.165) is 6.07 Å². The van der Waals surface area contributed by atoms with Crippen LogP contribution in [0.3, 0.4) is 0 Å². The third kappa shape index (κ3) is 5.37. The molecule has 1 aliphatic rings. The van der Waals surface area contributed by atoms with E-state index in [1.165, 1.54) is 22.5 Å². The van der Waals surface area contributed by atoms with E-state index in [1.54, 1.807) is 37.5 Å². The molecule has 1 fully saturated rings. The number of carbonyl (C=O) groups is 1. The second-order valence-electron chi connectivity index (χ2n) is 10.0. The second-order valence-corrected chi connectivity index (χ2v) is 10.0. The van der Waals surface area contributed by atoms with Crippen molar-refractivity contribution >= 4 is 22.8 Å². The molecule has 0 aliphatic carbocycles. The van der Waals surface area contributed by atoms with Crippen molar-refractivity contribution in [1.29, 1.82) is 5.26 Å². The minimum Gasteiger partial charge on any atom is -0.337 e. The Morgan fingerprint density at radius 3 is 2.49 bits per heavy atom. The SMILES string of the molecule is CC(=O)N1CCN(c2ncc(-c3ccc4c(=O)n(C)n(Cc5nc(CC#N)ccc5C(F)(F)F)c4c3)cn2)C[C@H]1C. The van der Waals surface area contributed by atoms with Crippen LogP contribution in [0.2, 0.25) is 0 Å². The van der Waals surface area contributed by atoms with Crippen molar-refractivity contribution in [3.05, 3.63) is 70.0 Å². The Morgan fingerprint density at radius 2 is 1.85 bits per heavy atom. The first kappa shape index (κ1) is 27.8. The fourth-order valence-corrected chi connectivity index (χ4v) is 5.23. The number of hydrogen-bond donors (Lipinski definition) is 0. The molecule has 0 radical (unpaired) electrons. The van der Waals surface area contributed by atoms with Crippen molar-refractivity contribution in [2.45, 2.75) is 39.0 Å². The molecule has 0 unspecified atom stereocenters. The van der Waals surface area contributed by atoms with Crippen LogP contribution >= 0.6 is 0 Å². The molecule has 10 nitrogen and oxygen atoms in total. The fourth-order valence-electron chi connectivity index (χ4n) is 5.23. The van der Waals surface area contributed by atoms with Gasteiger partial charge >= 0.3 is 6.18 Å². The first-order valence-corrected chi connectivity index (χ1v) is 12.9. The number of nitriles is 1. The summed E-state index contributed by atoms with van der Waals surface area (Å²) in [6, 6.07) is 9.12. The van der Waals surface area contributed by atoms with Crippen molar-refractivity contribution in [1.82, 2.24) is 29.2 Å². The van der Waals surface area contributed by atoms with Gasteiger partial charge in [-0.15, -0.1) is 0 Å². The first-order chi connectivity index (χ1) is 19.5. The molecule has 1 amide bonds. The maximum Gasteiger partial charge on any atom is 0.418 e. The lowest BCUT2D eigenvalue weighted by Gasteiger charge is -2.39. The first-order valence-electron chi connectivity index (χ1n) is 12.9. The Kier molecular flexibility index (Phi) is 7.25. The maximum absolute atomic E-state index is 13.8. The number of pyridine rings is 1. The molecule has 1 aliphatic heterocycles. The van der Waals surface area contributed by atoms with E-state index in [0.29, 0.717) is 47.6 Å². The molecule has 1 saturated heterocycles. The van der Waals surface area contributed by atoms with Crippen LogP contribution in [-0.2, 0) is 31.0 Å². The summed E-state index contributed by atoms with van der Waals surface area (Å²) in [7, 11) is 1.49. The van der Waals surface area contributed by atoms with Crippen LogP contribution < -0.4 is 10.5 Å². The van der Waals surface area contributed by atoms with Crippen LogP contribution in [0, 0.1) is 11.3 Å². The summed E-state index contributed by atoms with van der Waals surface area (Å²) in [6.07, 6.45) is -1.48. The monoisotopic (exact) mass is 564 g/mol. The number of aromatic nitrogens is 5. The number of carbonyl (C=O) groups excluding carboxylic acids is 1. The highest BCUT2D eigenvalue weighted by Gasteiger charge is 2.34. The predicted molar refractivity (Wildman–Crippen MR) is 145 cm³/mol. The van der Waals surface area contributed by atoms with Gasteiger partial charge in [-0.3, -0.25) is 23.9 Å². The molecule has 13 heteroatoms. The van der Waals surface area contributed by atoms with E-state index in [-0.39, 0.29) is 41.9 Å². The molecule has 5 rings (SSSR count). The topological polar surface area (TPSA) is 113 Å². The van der Waals surface area contributed by atoms with Gasteiger partial charge in [0.1, 0.15) is 0 Å². The Hall–Kier alpha value is -4.73. The summed E-state index contributed by atoms with van der Waals surface area (Å²) in [4.78, 5) is 41.7. The van der Waals surface area contributed by atoms with Gasteiger partial charge in [-0.1, -0.05) is 6.07 Å². The molecule has 4 aromatic rings. The van der Waals surface area contributed by atoms with Crippen LogP contribution in [0.1, 0.15) is 30.8 Å². The molecular formula is C28H27F3N8O2. The average Bonchev–Trinajstić information content (AvgIpc) is 3.17. The van der Waals surface area contributed by atoms with Crippen molar-refractivity contribution in [3.63, 3.8) is 0 Å². The Balaban J connectivity index is 1.48. The summed E-state index contributed by atoms with van der Waals surface area (Å²) in [5.41, 5.74) is 0.418. The molecule has 0 spiro atoms. The lowest BCUT2D eigenvalue weighted by atomic mass is 10.1. The van der Waals surface area contributed by atoms with Gasteiger partial charge in [0.15, 0.2) is 0 Å². The number of piperazine rings is 1. The zero-order valence-electron chi connectivity index (χ0n) is 22.7. The highest BCUT2D eigenvalue weighted by atomic mass is 19.4. The van der Waals surface area contributed by atoms with E-state index >= 15 is 0 Å². The lowest BCUT2D eigenvalue weighted by molar-refractivity contribution is -0.138. The molecular weight excluding hydrogens is 537 g/mol. The van der Waals surface area contributed by atoms with Gasteiger partial charge < -0.3 is 9.80 Å². The smallest absolute Gasteiger partial charge is 0.337 e. The van der Waals surface area contributed by atoms with Crippen LogP contribution in [0.25, 0.3) is 22.0 Å². The van der Waals surface area contributed by atoms with Gasteiger partial charge in [0, 0.05) is 57.6 Å². The van der Waals surface area contributed by atoms with Crippen molar-refractivity contribution in [2.24, 2.45) is 7.05 Å². The molecule has 0 bridgehead atoms. The minimum absolute atomic E-state index is 0.0229. The lowest BCUT2D eigenvalue weighted by Crippen LogP contribution is -2.53. The van der Waals surface area contributed by atoms with E-state index in [4.69, 9.17) is 5.26 Å². The van der Waals surface area contributed by atoms with Gasteiger partial charge in [0.25, 0.3) is 5.56 Å². The molecule has 3 aromatic heterocycles. The molecule has 1 atom stereocenters. The maximum atomic E-state index is 13.8. The molecule has 41 heavy (non-hydrogen) atoms. The zero-order chi connectivity index (χ0) is 29.5. The fraction of sp³-hybridized carbons (Fsp3) is 0.357. The van der Waals surface area contributed by atoms with Gasteiger partial charge in [-0.2, -0.15) is 18.4 Å². The zero-order valence-corrected chi connectivity index (χ0v) is 22.7.